The van der Waals surface area contributed by atoms with Gasteiger partial charge in [0.1, 0.15) is 6.61 Å². The van der Waals surface area contributed by atoms with Gasteiger partial charge in [-0.1, -0.05) is 101 Å². The highest BCUT2D eigenvalue weighted by molar-refractivity contribution is 5.70. The summed E-state index contributed by atoms with van der Waals surface area (Å²) < 4.78 is 10.4. The molecule has 0 aromatic carbocycles. The van der Waals surface area contributed by atoms with Crippen LogP contribution in [-0.2, 0) is 19.1 Å². The topological polar surface area (TPSA) is 93.1 Å². The van der Waals surface area contributed by atoms with Crippen LogP contribution in [0.5, 0.6) is 0 Å². The summed E-state index contributed by atoms with van der Waals surface area (Å²) in [6.45, 7) is 3.80. The van der Waals surface area contributed by atoms with Crippen molar-refractivity contribution in [2.24, 2.45) is 0 Å². The van der Waals surface area contributed by atoms with E-state index in [2.05, 4.69) is 50.3 Å². The van der Waals surface area contributed by atoms with Gasteiger partial charge in [0.2, 0.25) is 0 Å². The highest BCUT2D eigenvalue weighted by atomic mass is 16.6. The Bertz CT molecular complexity index is 665. The lowest BCUT2D eigenvalue weighted by Gasteiger charge is -2.15. The minimum absolute atomic E-state index is 0.108. The van der Waals surface area contributed by atoms with Crippen LogP contribution >= 0.6 is 0 Å². The van der Waals surface area contributed by atoms with Crippen molar-refractivity contribution in [2.45, 2.75) is 122 Å². The fraction of sp³-hybridized carbons (Fsp3) is 0.677. The molecule has 0 saturated carbocycles. The predicted octanol–water partition coefficient (Wildman–Crippen LogP) is 6.91. The predicted molar refractivity (Wildman–Crippen MR) is 151 cm³/mol. The normalized spacial score (nSPS) is 13.7. The molecule has 0 saturated heterocycles. The molecule has 0 aliphatic heterocycles. The summed E-state index contributed by atoms with van der Waals surface area (Å²) in [5.41, 5.74) is 0. The van der Waals surface area contributed by atoms with E-state index in [4.69, 9.17) is 9.47 Å². The number of hydrogen-bond acceptors (Lipinski definition) is 6. The Morgan fingerprint density at radius 2 is 1.32 bits per heavy atom. The van der Waals surface area contributed by atoms with Crippen molar-refractivity contribution in [3.8, 4) is 0 Å². The molecule has 0 fully saturated rings. The largest absolute Gasteiger partial charge is 0.462 e. The van der Waals surface area contributed by atoms with E-state index in [1.54, 1.807) is 0 Å². The summed E-state index contributed by atoms with van der Waals surface area (Å²) in [5.74, 6) is -0.702. The van der Waals surface area contributed by atoms with E-state index in [0.717, 1.165) is 70.6 Å². The maximum absolute atomic E-state index is 11.9. The molecule has 37 heavy (non-hydrogen) atoms. The minimum Gasteiger partial charge on any atom is -0.462 e. The van der Waals surface area contributed by atoms with Crippen LogP contribution in [0.4, 0.5) is 0 Å². The third-order valence-corrected chi connectivity index (χ3v) is 5.70. The summed E-state index contributed by atoms with van der Waals surface area (Å²) in [7, 11) is 0. The first-order valence-corrected chi connectivity index (χ1v) is 14.3. The van der Waals surface area contributed by atoms with Gasteiger partial charge >= 0.3 is 11.9 Å². The van der Waals surface area contributed by atoms with Crippen LogP contribution in [0.25, 0.3) is 0 Å². The van der Waals surface area contributed by atoms with Crippen LogP contribution in [0.3, 0.4) is 0 Å². The molecular formula is C31H52O6. The van der Waals surface area contributed by atoms with E-state index >= 15 is 0 Å². The first-order valence-electron chi connectivity index (χ1n) is 14.3. The van der Waals surface area contributed by atoms with Gasteiger partial charge in [-0.2, -0.15) is 0 Å². The van der Waals surface area contributed by atoms with Gasteiger partial charge < -0.3 is 19.7 Å². The molecule has 2 atom stereocenters. The lowest BCUT2D eigenvalue weighted by molar-refractivity contribution is -0.161. The zero-order chi connectivity index (χ0) is 27.4. The zero-order valence-electron chi connectivity index (χ0n) is 23.3. The highest BCUT2D eigenvalue weighted by Gasteiger charge is 2.15. The SMILES string of the molecule is CCCCCCCC(=O)O[C@@H](CO)COC(=O)CCC/C=C\C/C=C\C/C=C\C/C=C\[C@@H](O)CCCC. The van der Waals surface area contributed by atoms with Gasteiger partial charge in [-0.15, -0.1) is 0 Å². The average molecular weight is 521 g/mol. The molecule has 0 unspecified atom stereocenters. The molecule has 6 nitrogen and oxygen atoms in total. The van der Waals surface area contributed by atoms with Crippen LogP contribution in [0.15, 0.2) is 48.6 Å². The number of esters is 2. The summed E-state index contributed by atoms with van der Waals surface area (Å²) in [4.78, 5) is 23.7. The van der Waals surface area contributed by atoms with Gasteiger partial charge in [0.05, 0.1) is 12.7 Å². The number of unbranched alkanes of at least 4 members (excludes halogenated alkanes) is 6. The molecule has 0 radical (unpaired) electrons. The Hall–Kier alpha value is -2.18. The van der Waals surface area contributed by atoms with Crippen molar-refractivity contribution in [3.63, 3.8) is 0 Å². The monoisotopic (exact) mass is 520 g/mol. The highest BCUT2D eigenvalue weighted by Crippen LogP contribution is 2.08. The van der Waals surface area contributed by atoms with Crippen LogP contribution in [0, 0.1) is 0 Å². The molecule has 2 N–H and O–H groups in total. The number of hydrogen-bond donors (Lipinski definition) is 2. The second-order valence-electron chi connectivity index (χ2n) is 9.29. The van der Waals surface area contributed by atoms with Crippen molar-refractivity contribution in [3.05, 3.63) is 48.6 Å². The maximum Gasteiger partial charge on any atom is 0.306 e. The molecule has 0 rings (SSSR count). The molecule has 0 spiro atoms. The molecule has 0 aliphatic carbocycles. The molecule has 0 aromatic heterocycles. The standard InChI is InChI=1S/C31H52O6/c1-3-5-7-16-21-25-31(35)37-29(26-32)27-36-30(34)24-20-18-15-13-11-9-8-10-12-14-17-19-23-28(33)22-6-4-2/h8-9,12-15,19,23,28-29,32-33H,3-7,10-11,16-18,20-22,24-27H2,1-2H3/b9-8-,14-12-,15-13-,23-19-/t28-,29-/m0/s1. The number of aliphatic hydroxyl groups excluding tert-OH is 2. The van der Waals surface area contributed by atoms with Crippen molar-refractivity contribution in [2.75, 3.05) is 13.2 Å². The number of allylic oxidation sites excluding steroid dienone is 7. The molecule has 0 heterocycles. The number of carbonyl (C=O) groups is 2. The summed E-state index contributed by atoms with van der Waals surface area (Å²) in [6, 6.07) is 0. The Labute approximate surface area is 225 Å². The van der Waals surface area contributed by atoms with E-state index < -0.39 is 6.10 Å². The number of carbonyl (C=O) groups excluding carboxylic acids is 2. The number of rotatable bonds is 24. The van der Waals surface area contributed by atoms with E-state index in [1.165, 1.54) is 6.42 Å². The third-order valence-electron chi connectivity index (χ3n) is 5.70. The fourth-order valence-electron chi connectivity index (χ4n) is 3.44. The van der Waals surface area contributed by atoms with Crippen molar-refractivity contribution < 1.29 is 29.3 Å². The first-order chi connectivity index (χ1) is 18.0. The van der Waals surface area contributed by atoms with E-state index in [0.29, 0.717) is 19.3 Å². The quantitative estimate of drug-likeness (QED) is 0.0816. The fourth-order valence-corrected chi connectivity index (χ4v) is 3.44. The third kappa shape index (κ3) is 25.3. The molecule has 0 bridgehead atoms. The van der Waals surface area contributed by atoms with Crippen molar-refractivity contribution in [1.29, 1.82) is 0 Å². The second-order valence-corrected chi connectivity index (χ2v) is 9.29. The Morgan fingerprint density at radius 3 is 1.97 bits per heavy atom. The molecule has 0 amide bonds. The summed E-state index contributed by atoms with van der Waals surface area (Å²) in [5, 5.41) is 19.1. The van der Waals surface area contributed by atoms with Crippen molar-refractivity contribution >= 4 is 11.9 Å². The molecule has 0 aromatic rings. The maximum atomic E-state index is 11.9. The van der Waals surface area contributed by atoms with Crippen molar-refractivity contribution in [1.82, 2.24) is 0 Å². The van der Waals surface area contributed by atoms with E-state index in [-0.39, 0.29) is 31.3 Å². The minimum atomic E-state index is -0.798. The molecular weight excluding hydrogens is 468 g/mol. The Balaban J connectivity index is 3.78. The van der Waals surface area contributed by atoms with Crippen LogP contribution in [0.1, 0.15) is 110 Å². The molecule has 6 heteroatoms. The van der Waals surface area contributed by atoms with Gasteiger partial charge in [-0.05, 0) is 44.9 Å². The van der Waals surface area contributed by atoms with Crippen LogP contribution < -0.4 is 0 Å². The first kappa shape index (κ1) is 34.8. The Kier molecular flexibility index (Phi) is 25.3. The summed E-state index contributed by atoms with van der Waals surface area (Å²) >= 11 is 0. The van der Waals surface area contributed by atoms with Gasteiger partial charge in [0.15, 0.2) is 6.10 Å². The number of ether oxygens (including phenoxy) is 2. The van der Waals surface area contributed by atoms with Gasteiger partial charge in [0, 0.05) is 12.8 Å². The molecule has 212 valence electrons. The van der Waals surface area contributed by atoms with Gasteiger partial charge in [-0.25, -0.2) is 0 Å². The van der Waals surface area contributed by atoms with Gasteiger partial charge in [-0.3, -0.25) is 9.59 Å². The van der Waals surface area contributed by atoms with E-state index in [9.17, 15) is 19.8 Å². The summed E-state index contributed by atoms with van der Waals surface area (Å²) in [6.07, 6.45) is 28.2. The average Bonchev–Trinajstić information content (AvgIpc) is 2.89. The number of aliphatic hydroxyl groups is 2. The zero-order valence-corrected chi connectivity index (χ0v) is 23.3. The lowest BCUT2D eigenvalue weighted by Crippen LogP contribution is -2.28. The Morgan fingerprint density at radius 1 is 0.730 bits per heavy atom. The van der Waals surface area contributed by atoms with E-state index in [1.807, 2.05) is 12.2 Å². The van der Waals surface area contributed by atoms with Crippen LogP contribution in [0.2, 0.25) is 0 Å². The van der Waals surface area contributed by atoms with Crippen LogP contribution in [-0.4, -0.2) is 47.6 Å². The molecule has 0 aliphatic rings. The van der Waals surface area contributed by atoms with Gasteiger partial charge in [0.25, 0.3) is 0 Å². The second kappa shape index (κ2) is 26.9. The smallest absolute Gasteiger partial charge is 0.306 e. The lowest BCUT2D eigenvalue weighted by atomic mass is 10.1.